The maximum Gasteiger partial charge on any atom is 0.252 e. The summed E-state index contributed by atoms with van der Waals surface area (Å²) in [6.07, 6.45) is 4.07. The van der Waals surface area contributed by atoms with Crippen molar-refractivity contribution in [2.75, 3.05) is 6.61 Å². The third-order valence-corrected chi connectivity index (χ3v) is 5.48. The molecule has 6 heteroatoms. The number of aromatic nitrogens is 3. The highest BCUT2D eigenvalue weighted by Crippen LogP contribution is 2.40. The van der Waals surface area contributed by atoms with E-state index in [1.165, 1.54) is 0 Å². The minimum absolute atomic E-state index is 0.166. The molecule has 2 aromatic carbocycles. The highest BCUT2D eigenvalue weighted by Gasteiger charge is 2.42. The lowest BCUT2D eigenvalue weighted by atomic mass is 9.81. The summed E-state index contributed by atoms with van der Waals surface area (Å²) in [4.78, 5) is 17.9. The minimum atomic E-state index is -0.761. The number of nitrogens with one attached hydrogen (secondary N) is 2. The Kier molecular flexibility index (Phi) is 4.05. The molecule has 1 amide bonds. The van der Waals surface area contributed by atoms with E-state index in [0.29, 0.717) is 24.3 Å². The first-order chi connectivity index (χ1) is 14.2. The lowest BCUT2D eigenvalue weighted by Crippen LogP contribution is -2.50. The third kappa shape index (κ3) is 2.93. The van der Waals surface area contributed by atoms with E-state index in [0.717, 1.165) is 27.7 Å². The monoisotopic (exact) mass is 384 g/mol. The molecule has 29 heavy (non-hydrogen) atoms. The molecule has 1 aliphatic rings. The molecule has 0 unspecified atom stereocenters. The molecule has 4 aromatic rings. The SMILES string of the molecule is Cc1ccc([C@@]2(NC(=O)c3ccc4cn[nH]c4c3)CCOc3cccnc32)cc1. The topological polar surface area (TPSA) is 79.9 Å². The van der Waals surface area contributed by atoms with Crippen LogP contribution in [0.4, 0.5) is 0 Å². The smallest absolute Gasteiger partial charge is 0.252 e. The number of pyridine rings is 1. The largest absolute Gasteiger partial charge is 0.491 e. The number of hydrogen-bond donors (Lipinski definition) is 2. The molecule has 0 aliphatic carbocycles. The number of carbonyl (C=O) groups excluding carboxylic acids is 1. The Morgan fingerprint density at radius 1 is 1.17 bits per heavy atom. The molecule has 144 valence electrons. The second kappa shape index (κ2) is 6.74. The number of carbonyl (C=O) groups is 1. The number of H-pyrrole nitrogens is 1. The summed E-state index contributed by atoms with van der Waals surface area (Å²) in [7, 11) is 0. The van der Waals surface area contributed by atoms with Crippen LogP contribution in [0.3, 0.4) is 0 Å². The van der Waals surface area contributed by atoms with Crippen molar-refractivity contribution >= 4 is 16.8 Å². The summed E-state index contributed by atoms with van der Waals surface area (Å²) in [5, 5.41) is 11.2. The molecule has 0 radical (unpaired) electrons. The van der Waals surface area contributed by atoms with Gasteiger partial charge in [-0.3, -0.25) is 14.9 Å². The van der Waals surface area contributed by atoms with E-state index < -0.39 is 5.54 Å². The summed E-state index contributed by atoms with van der Waals surface area (Å²) in [5.41, 5.74) is 3.51. The van der Waals surface area contributed by atoms with E-state index in [1.54, 1.807) is 12.4 Å². The number of fused-ring (bicyclic) bond motifs is 2. The van der Waals surface area contributed by atoms with Crippen LogP contribution in [0.25, 0.3) is 10.9 Å². The number of ether oxygens (including phenoxy) is 1. The van der Waals surface area contributed by atoms with Gasteiger partial charge in [0.25, 0.3) is 5.91 Å². The summed E-state index contributed by atoms with van der Waals surface area (Å²) < 4.78 is 5.83. The van der Waals surface area contributed by atoms with Crippen molar-refractivity contribution in [1.82, 2.24) is 20.5 Å². The van der Waals surface area contributed by atoms with Crippen molar-refractivity contribution in [1.29, 1.82) is 0 Å². The quantitative estimate of drug-likeness (QED) is 0.564. The molecule has 0 spiro atoms. The highest BCUT2D eigenvalue weighted by molar-refractivity contribution is 5.98. The summed E-state index contributed by atoms with van der Waals surface area (Å²) >= 11 is 0. The maximum absolute atomic E-state index is 13.3. The van der Waals surface area contributed by atoms with Gasteiger partial charge in [-0.15, -0.1) is 0 Å². The van der Waals surface area contributed by atoms with E-state index in [-0.39, 0.29) is 5.91 Å². The van der Waals surface area contributed by atoms with Crippen molar-refractivity contribution < 1.29 is 9.53 Å². The van der Waals surface area contributed by atoms with Crippen LogP contribution in [-0.4, -0.2) is 27.7 Å². The van der Waals surface area contributed by atoms with Crippen LogP contribution in [0.15, 0.2) is 67.0 Å². The first kappa shape index (κ1) is 17.4. The fourth-order valence-corrected chi connectivity index (χ4v) is 3.92. The summed E-state index contributed by atoms with van der Waals surface area (Å²) in [5.74, 6) is 0.532. The molecule has 1 aliphatic heterocycles. The Bertz CT molecular complexity index is 1200. The molecular weight excluding hydrogens is 364 g/mol. The van der Waals surface area contributed by atoms with Crippen molar-refractivity contribution in [3.8, 4) is 5.75 Å². The predicted octanol–water partition coefficient (Wildman–Crippen LogP) is 3.72. The van der Waals surface area contributed by atoms with E-state index in [2.05, 4.69) is 44.8 Å². The van der Waals surface area contributed by atoms with Gasteiger partial charge in [0.05, 0.1) is 18.3 Å². The third-order valence-electron chi connectivity index (χ3n) is 5.48. The average Bonchev–Trinajstić information content (AvgIpc) is 3.22. The summed E-state index contributed by atoms with van der Waals surface area (Å²) in [6, 6.07) is 17.5. The molecule has 0 bridgehead atoms. The van der Waals surface area contributed by atoms with Crippen molar-refractivity contribution in [3.05, 3.63) is 89.4 Å². The van der Waals surface area contributed by atoms with Crippen LogP contribution in [0, 0.1) is 6.92 Å². The van der Waals surface area contributed by atoms with Gasteiger partial charge in [-0.2, -0.15) is 5.10 Å². The lowest BCUT2D eigenvalue weighted by Gasteiger charge is -2.39. The van der Waals surface area contributed by atoms with Gasteiger partial charge in [0, 0.05) is 23.6 Å². The Morgan fingerprint density at radius 2 is 2.03 bits per heavy atom. The van der Waals surface area contributed by atoms with Crippen molar-refractivity contribution in [3.63, 3.8) is 0 Å². The molecule has 6 nitrogen and oxygen atoms in total. The number of aromatic amines is 1. The van der Waals surface area contributed by atoms with Gasteiger partial charge in [-0.25, -0.2) is 0 Å². The zero-order chi connectivity index (χ0) is 19.8. The van der Waals surface area contributed by atoms with Crippen LogP contribution < -0.4 is 10.1 Å². The van der Waals surface area contributed by atoms with Crippen molar-refractivity contribution in [2.24, 2.45) is 0 Å². The van der Waals surface area contributed by atoms with Crippen LogP contribution in [-0.2, 0) is 5.54 Å². The number of amides is 1. The fraction of sp³-hybridized carbons (Fsp3) is 0.174. The highest BCUT2D eigenvalue weighted by atomic mass is 16.5. The zero-order valence-corrected chi connectivity index (χ0v) is 16.0. The van der Waals surface area contributed by atoms with Gasteiger partial charge in [-0.1, -0.05) is 35.9 Å². The van der Waals surface area contributed by atoms with Gasteiger partial charge < -0.3 is 10.1 Å². The maximum atomic E-state index is 13.3. The number of nitrogens with zero attached hydrogens (tertiary/aromatic N) is 2. The standard InChI is InChI=1S/C23H20N4O2/c1-15-4-8-18(9-5-15)23(10-12-29-20-3-2-11-24-21(20)23)26-22(28)16-6-7-17-14-25-27-19(17)13-16/h2-9,11,13-14H,10,12H2,1H3,(H,25,27)(H,26,28)/t23-/m0/s1. The molecular formula is C23H20N4O2. The molecule has 0 saturated carbocycles. The Balaban J connectivity index is 1.61. The first-order valence-electron chi connectivity index (χ1n) is 9.57. The number of rotatable bonds is 3. The second-order valence-electron chi connectivity index (χ2n) is 7.35. The van der Waals surface area contributed by atoms with E-state index in [4.69, 9.17) is 4.74 Å². The fourth-order valence-electron chi connectivity index (χ4n) is 3.92. The molecule has 2 aromatic heterocycles. The average molecular weight is 384 g/mol. The van der Waals surface area contributed by atoms with Gasteiger partial charge in [0.15, 0.2) is 0 Å². The van der Waals surface area contributed by atoms with Crippen LogP contribution in [0.1, 0.15) is 33.6 Å². The molecule has 5 rings (SSSR count). The lowest BCUT2D eigenvalue weighted by molar-refractivity contribution is 0.0884. The Labute approximate surface area is 167 Å². The minimum Gasteiger partial charge on any atom is -0.491 e. The van der Waals surface area contributed by atoms with Gasteiger partial charge >= 0.3 is 0 Å². The van der Waals surface area contributed by atoms with E-state index in [9.17, 15) is 4.79 Å². The molecule has 1 atom stereocenters. The van der Waals surface area contributed by atoms with Gasteiger partial charge in [0.1, 0.15) is 17.0 Å². The number of benzene rings is 2. The van der Waals surface area contributed by atoms with E-state index >= 15 is 0 Å². The number of hydrogen-bond acceptors (Lipinski definition) is 4. The molecule has 0 fully saturated rings. The first-order valence-corrected chi connectivity index (χ1v) is 9.57. The normalized spacial score (nSPS) is 18.1. The van der Waals surface area contributed by atoms with Crippen LogP contribution in [0.5, 0.6) is 5.75 Å². The van der Waals surface area contributed by atoms with Crippen molar-refractivity contribution in [2.45, 2.75) is 18.9 Å². The Morgan fingerprint density at radius 3 is 2.90 bits per heavy atom. The summed E-state index contributed by atoms with van der Waals surface area (Å²) in [6.45, 7) is 2.54. The number of aryl methyl sites for hydroxylation is 1. The Hall–Kier alpha value is -3.67. The second-order valence-corrected chi connectivity index (χ2v) is 7.35. The molecule has 3 heterocycles. The van der Waals surface area contributed by atoms with Crippen LogP contribution in [0.2, 0.25) is 0 Å². The predicted molar refractivity (Wildman–Crippen MR) is 110 cm³/mol. The van der Waals surface area contributed by atoms with Crippen LogP contribution >= 0.6 is 0 Å². The van der Waals surface area contributed by atoms with E-state index in [1.807, 2.05) is 37.3 Å². The zero-order valence-electron chi connectivity index (χ0n) is 16.0. The van der Waals surface area contributed by atoms with Gasteiger partial charge in [-0.05, 0) is 36.8 Å². The molecule has 0 saturated heterocycles. The molecule has 2 N–H and O–H groups in total. The van der Waals surface area contributed by atoms with Gasteiger partial charge in [0.2, 0.25) is 0 Å².